The van der Waals surface area contributed by atoms with Gasteiger partial charge in [0.15, 0.2) is 6.61 Å². The van der Waals surface area contributed by atoms with Crippen LogP contribution in [-0.2, 0) is 25.5 Å². The lowest BCUT2D eigenvalue weighted by molar-refractivity contribution is -0.149. The van der Waals surface area contributed by atoms with Crippen molar-refractivity contribution in [3.8, 4) is 0 Å². The molecular weight excluding hydrogens is 390 g/mol. The Bertz CT molecular complexity index is 930. The summed E-state index contributed by atoms with van der Waals surface area (Å²) in [4.78, 5) is 47.4. The fourth-order valence-electron chi connectivity index (χ4n) is 2.64. The SMILES string of the molecule is COC(=O)c1ccc(C)c(NC(=O)COC(=O)[C@H](Cc2ccccc2)NC(N)=O)c1. The van der Waals surface area contributed by atoms with Gasteiger partial charge >= 0.3 is 18.0 Å². The van der Waals surface area contributed by atoms with E-state index in [2.05, 4.69) is 15.4 Å². The van der Waals surface area contributed by atoms with Crippen molar-refractivity contribution in [1.29, 1.82) is 0 Å². The molecule has 4 N–H and O–H groups in total. The molecule has 9 nitrogen and oxygen atoms in total. The number of hydrogen-bond donors (Lipinski definition) is 3. The fourth-order valence-corrected chi connectivity index (χ4v) is 2.64. The average molecular weight is 413 g/mol. The zero-order valence-corrected chi connectivity index (χ0v) is 16.6. The first-order valence-electron chi connectivity index (χ1n) is 9.05. The summed E-state index contributed by atoms with van der Waals surface area (Å²) in [6.45, 7) is 1.17. The summed E-state index contributed by atoms with van der Waals surface area (Å²) in [6.07, 6.45) is 0.157. The number of carbonyl (C=O) groups is 4. The van der Waals surface area contributed by atoms with Gasteiger partial charge in [0.1, 0.15) is 6.04 Å². The molecule has 2 rings (SSSR count). The predicted octanol–water partition coefficient (Wildman–Crippen LogP) is 1.54. The highest BCUT2D eigenvalue weighted by atomic mass is 16.5. The van der Waals surface area contributed by atoms with Crippen LogP contribution in [0, 0.1) is 6.92 Å². The van der Waals surface area contributed by atoms with Crippen LogP contribution in [0.5, 0.6) is 0 Å². The molecule has 3 amide bonds. The third kappa shape index (κ3) is 6.62. The molecule has 0 fully saturated rings. The van der Waals surface area contributed by atoms with Gasteiger partial charge in [-0.2, -0.15) is 0 Å². The van der Waals surface area contributed by atoms with Gasteiger partial charge in [0.05, 0.1) is 12.7 Å². The van der Waals surface area contributed by atoms with Gasteiger partial charge in [0.2, 0.25) is 0 Å². The maximum absolute atomic E-state index is 12.4. The molecule has 0 aliphatic rings. The Balaban J connectivity index is 1.98. The number of carbonyl (C=O) groups excluding carboxylic acids is 4. The van der Waals surface area contributed by atoms with Crippen LogP contribution in [0.2, 0.25) is 0 Å². The summed E-state index contributed by atoms with van der Waals surface area (Å²) in [6, 6.07) is 11.7. The molecule has 0 aliphatic heterocycles. The Morgan fingerprint density at radius 2 is 1.77 bits per heavy atom. The highest BCUT2D eigenvalue weighted by Gasteiger charge is 2.23. The normalized spacial score (nSPS) is 11.1. The molecular formula is C21H23N3O6. The Labute approximate surface area is 173 Å². The van der Waals surface area contributed by atoms with Crippen LogP contribution in [-0.4, -0.2) is 43.6 Å². The van der Waals surface area contributed by atoms with Crippen LogP contribution in [0.3, 0.4) is 0 Å². The van der Waals surface area contributed by atoms with Crippen molar-refractivity contribution in [3.05, 3.63) is 65.2 Å². The van der Waals surface area contributed by atoms with E-state index >= 15 is 0 Å². The van der Waals surface area contributed by atoms with Crippen molar-refractivity contribution >= 4 is 29.6 Å². The van der Waals surface area contributed by atoms with Crippen LogP contribution in [0.25, 0.3) is 0 Å². The average Bonchev–Trinajstić information content (AvgIpc) is 2.73. The number of primary amides is 1. The zero-order valence-electron chi connectivity index (χ0n) is 16.6. The molecule has 0 unspecified atom stereocenters. The van der Waals surface area contributed by atoms with E-state index in [9.17, 15) is 19.2 Å². The second kappa shape index (κ2) is 10.6. The van der Waals surface area contributed by atoms with Crippen LogP contribution < -0.4 is 16.4 Å². The summed E-state index contributed by atoms with van der Waals surface area (Å²) in [5.74, 6) is -1.95. The van der Waals surface area contributed by atoms with Gasteiger partial charge in [-0.3, -0.25) is 4.79 Å². The van der Waals surface area contributed by atoms with Crippen molar-refractivity contribution in [2.45, 2.75) is 19.4 Å². The number of urea groups is 1. The first-order valence-corrected chi connectivity index (χ1v) is 9.05. The number of esters is 2. The number of anilines is 1. The number of ether oxygens (including phenoxy) is 2. The van der Waals surface area contributed by atoms with Crippen LogP contribution in [0.1, 0.15) is 21.5 Å². The van der Waals surface area contributed by atoms with Gasteiger partial charge in [0.25, 0.3) is 5.91 Å². The van der Waals surface area contributed by atoms with E-state index in [0.29, 0.717) is 11.3 Å². The monoisotopic (exact) mass is 413 g/mol. The van der Waals surface area contributed by atoms with E-state index in [-0.39, 0.29) is 12.0 Å². The Kier molecular flexibility index (Phi) is 7.92. The molecule has 2 aromatic rings. The molecule has 0 spiro atoms. The fraction of sp³-hybridized carbons (Fsp3) is 0.238. The molecule has 1 atom stereocenters. The summed E-state index contributed by atoms with van der Waals surface area (Å²) < 4.78 is 9.69. The maximum Gasteiger partial charge on any atom is 0.337 e. The highest BCUT2D eigenvalue weighted by Crippen LogP contribution is 2.17. The molecule has 0 aromatic heterocycles. The van der Waals surface area contributed by atoms with E-state index in [1.54, 1.807) is 43.3 Å². The summed E-state index contributed by atoms with van der Waals surface area (Å²) in [7, 11) is 1.26. The minimum absolute atomic E-state index is 0.157. The quantitative estimate of drug-likeness (QED) is 0.562. The molecule has 0 saturated carbocycles. The first kappa shape index (κ1) is 22.4. The number of benzene rings is 2. The predicted molar refractivity (Wildman–Crippen MR) is 109 cm³/mol. The van der Waals surface area contributed by atoms with Gasteiger partial charge in [-0.15, -0.1) is 0 Å². The number of rotatable bonds is 8. The third-order valence-electron chi connectivity index (χ3n) is 4.16. The van der Waals surface area contributed by atoms with E-state index < -0.39 is 36.5 Å². The molecule has 9 heteroatoms. The van der Waals surface area contributed by atoms with Crippen LogP contribution >= 0.6 is 0 Å². The van der Waals surface area contributed by atoms with Gasteiger partial charge < -0.3 is 25.8 Å². The topological polar surface area (TPSA) is 137 Å². The van der Waals surface area contributed by atoms with Crippen LogP contribution in [0.4, 0.5) is 10.5 Å². The van der Waals surface area contributed by atoms with Gasteiger partial charge in [0, 0.05) is 12.1 Å². The first-order chi connectivity index (χ1) is 14.3. The Hall–Kier alpha value is -3.88. The Morgan fingerprint density at radius 1 is 1.07 bits per heavy atom. The van der Waals surface area contributed by atoms with Gasteiger partial charge in [-0.1, -0.05) is 36.4 Å². The third-order valence-corrected chi connectivity index (χ3v) is 4.16. The number of amides is 3. The smallest absolute Gasteiger partial charge is 0.337 e. The molecule has 0 heterocycles. The molecule has 158 valence electrons. The summed E-state index contributed by atoms with van der Waals surface area (Å²) >= 11 is 0. The summed E-state index contributed by atoms with van der Waals surface area (Å²) in [5.41, 5.74) is 7.28. The minimum atomic E-state index is -1.04. The van der Waals surface area contributed by atoms with Gasteiger partial charge in [-0.05, 0) is 30.2 Å². The second-order valence-corrected chi connectivity index (χ2v) is 6.43. The van der Waals surface area contributed by atoms with Crippen LogP contribution in [0.15, 0.2) is 48.5 Å². The molecule has 0 radical (unpaired) electrons. The number of nitrogens with one attached hydrogen (secondary N) is 2. The summed E-state index contributed by atoms with van der Waals surface area (Å²) in [5, 5.41) is 4.90. The lowest BCUT2D eigenvalue weighted by Gasteiger charge is -2.17. The molecule has 0 saturated heterocycles. The maximum atomic E-state index is 12.4. The van der Waals surface area contributed by atoms with E-state index in [1.807, 2.05) is 6.07 Å². The number of nitrogens with two attached hydrogens (primary N) is 1. The van der Waals surface area contributed by atoms with Crippen molar-refractivity contribution in [1.82, 2.24) is 5.32 Å². The molecule has 0 aliphatic carbocycles. The van der Waals surface area contributed by atoms with E-state index in [0.717, 1.165) is 5.56 Å². The van der Waals surface area contributed by atoms with Crippen molar-refractivity contribution in [2.24, 2.45) is 5.73 Å². The second-order valence-electron chi connectivity index (χ2n) is 6.43. The molecule has 30 heavy (non-hydrogen) atoms. The Morgan fingerprint density at radius 3 is 2.40 bits per heavy atom. The van der Waals surface area contributed by atoms with Crippen molar-refractivity contribution in [3.63, 3.8) is 0 Å². The van der Waals surface area contributed by atoms with Crippen molar-refractivity contribution in [2.75, 3.05) is 19.0 Å². The lowest BCUT2D eigenvalue weighted by Crippen LogP contribution is -2.46. The van der Waals surface area contributed by atoms with Gasteiger partial charge in [-0.25, -0.2) is 14.4 Å². The minimum Gasteiger partial charge on any atom is -0.465 e. The van der Waals surface area contributed by atoms with E-state index in [4.69, 9.17) is 10.5 Å². The largest absolute Gasteiger partial charge is 0.465 e. The molecule has 0 bridgehead atoms. The number of methoxy groups -OCH3 is 1. The molecule has 2 aromatic carbocycles. The lowest BCUT2D eigenvalue weighted by atomic mass is 10.1. The number of hydrogen-bond acceptors (Lipinski definition) is 6. The van der Waals surface area contributed by atoms with Crippen molar-refractivity contribution < 1.29 is 28.7 Å². The zero-order chi connectivity index (χ0) is 22.1. The number of aryl methyl sites for hydroxylation is 1. The highest BCUT2D eigenvalue weighted by molar-refractivity contribution is 5.96. The standard InChI is InChI=1S/C21H23N3O6/c1-13-8-9-15(19(26)29-2)11-16(13)23-18(25)12-30-20(27)17(24-21(22)28)10-14-6-4-3-5-7-14/h3-9,11,17H,10,12H2,1-2H3,(H,23,25)(H3,22,24,28)/t17-/m0/s1. The van der Waals surface area contributed by atoms with E-state index in [1.165, 1.54) is 13.2 Å².